The molecule has 23 heavy (non-hydrogen) atoms. The number of rotatable bonds is 5. The van der Waals surface area contributed by atoms with Crippen LogP contribution >= 0.6 is 11.6 Å². The SMILES string of the molecule is CCOc1cc(Nc2cncc(-c3ccnc(Cl)c3)c2)ccn1. The van der Waals surface area contributed by atoms with E-state index in [2.05, 4.69) is 20.3 Å². The molecule has 3 rings (SSSR count). The molecule has 0 saturated carbocycles. The number of pyridine rings is 3. The number of hydrogen-bond acceptors (Lipinski definition) is 5. The van der Waals surface area contributed by atoms with Gasteiger partial charge in [0, 0.05) is 35.9 Å². The van der Waals surface area contributed by atoms with Crippen LogP contribution in [0, 0.1) is 0 Å². The molecule has 6 heteroatoms. The molecule has 116 valence electrons. The predicted molar refractivity (Wildman–Crippen MR) is 91.2 cm³/mol. The summed E-state index contributed by atoms with van der Waals surface area (Å²) in [7, 11) is 0. The van der Waals surface area contributed by atoms with Crippen LogP contribution in [0.5, 0.6) is 5.88 Å². The van der Waals surface area contributed by atoms with Crippen molar-refractivity contribution in [3.63, 3.8) is 0 Å². The highest BCUT2D eigenvalue weighted by atomic mass is 35.5. The minimum absolute atomic E-state index is 0.455. The van der Waals surface area contributed by atoms with Gasteiger partial charge in [-0.3, -0.25) is 4.98 Å². The lowest BCUT2D eigenvalue weighted by atomic mass is 10.1. The van der Waals surface area contributed by atoms with Gasteiger partial charge in [0.05, 0.1) is 18.5 Å². The van der Waals surface area contributed by atoms with Crippen LogP contribution in [0.15, 0.2) is 55.1 Å². The molecule has 0 aromatic carbocycles. The molecular formula is C17H15ClN4O. The molecular weight excluding hydrogens is 312 g/mol. The van der Waals surface area contributed by atoms with Gasteiger partial charge in [-0.25, -0.2) is 9.97 Å². The molecule has 3 heterocycles. The number of halogens is 1. The number of ether oxygens (including phenoxy) is 1. The van der Waals surface area contributed by atoms with E-state index in [-0.39, 0.29) is 0 Å². The number of aromatic nitrogens is 3. The van der Waals surface area contributed by atoms with Gasteiger partial charge in [-0.05, 0) is 36.8 Å². The van der Waals surface area contributed by atoms with Crippen molar-refractivity contribution in [2.75, 3.05) is 11.9 Å². The Labute approximate surface area is 139 Å². The van der Waals surface area contributed by atoms with Crippen LogP contribution in [-0.4, -0.2) is 21.6 Å². The fourth-order valence-electron chi connectivity index (χ4n) is 2.13. The van der Waals surface area contributed by atoms with Gasteiger partial charge in [0.1, 0.15) is 5.15 Å². The van der Waals surface area contributed by atoms with E-state index in [1.807, 2.05) is 37.3 Å². The minimum atomic E-state index is 0.455. The summed E-state index contributed by atoms with van der Waals surface area (Å²) in [6, 6.07) is 9.42. The molecule has 5 nitrogen and oxygen atoms in total. The van der Waals surface area contributed by atoms with Gasteiger partial charge in [0.15, 0.2) is 0 Å². The van der Waals surface area contributed by atoms with Crippen LogP contribution in [0.25, 0.3) is 11.1 Å². The van der Waals surface area contributed by atoms with E-state index >= 15 is 0 Å². The van der Waals surface area contributed by atoms with Crippen molar-refractivity contribution in [3.05, 3.63) is 60.3 Å². The van der Waals surface area contributed by atoms with Crippen molar-refractivity contribution in [3.8, 4) is 17.0 Å². The van der Waals surface area contributed by atoms with Crippen molar-refractivity contribution < 1.29 is 4.74 Å². The van der Waals surface area contributed by atoms with E-state index in [0.717, 1.165) is 22.5 Å². The normalized spacial score (nSPS) is 10.3. The molecule has 0 radical (unpaired) electrons. The lowest BCUT2D eigenvalue weighted by molar-refractivity contribution is 0.327. The zero-order chi connectivity index (χ0) is 16.1. The second-order valence-electron chi connectivity index (χ2n) is 4.77. The molecule has 0 aliphatic rings. The van der Waals surface area contributed by atoms with Crippen LogP contribution in [0.3, 0.4) is 0 Å². The predicted octanol–water partition coefficient (Wildman–Crippen LogP) is 4.33. The largest absolute Gasteiger partial charge is 0.478 e. The maximum Gasteiger partial charge on any atom is 0.215 e. The molecule has 0 fully saturated rings. The fraction of sp³-hybridized carbons (Fsp3) is 0.118. The lowest BCUT2D eigenvalue weighted by Gasteiger charge is -2.09. The third-order valence-electron chi connectivity index (χ3n) is 3.11. The zero-order valence-electron chi connectivity index (χ0n) is 12.5. The van der Waals surface area contributed by atoms with Gasteiger partial charge in [0.25, 0.3) is 0 Å². The average molecular weight is 327 g/mol. The van der Waals surface area contributed by atoms with Gasteiger partial charge in [0.2, 0.25) is 5.88 Å². The number of hydrogen-bond donors (Lipinski definition) is 1. The fourth-order valence-corrected chi connectivity index (χ4v) is 2.30. The number of nitrogens with one attached hydrogen (secondary N) is 1. The van der Waals surface area contributed by atoms with Gasteiger partial charge in [-0.2, -0.15) is 0 Å². The van der Waals surface area contributed by atoms with E-state index < -0.39 is 0 Å². The molecule has 0 aliphatic carbocycles. The molecule has 0 saturated heterocycles. The van der Waals surface area contributed by atoms with Crippen molar-refractivity contribution in [1.29, 1.82) is 0 Å². The van der Waals surface area contributed by atoms with Gasteiger partial charge in [-0.1, -0.05) is 11.6 Å². The summed E-state index contributed by atoms with van der Waals surface area (Å²) in [5.41, 5.74) is 3.67. The minimum Gasteiger partial charge on any atom is -0.478 e. The molecule has 0 aliphatic heterocycles. The highest BCUT2D eigenvalue weighted by Crippen LogP contribution is 2.25. The Morgan fingerprint density at radius 3 is 2.70 bits per heavy atom. The summed E-state index contributed by atoms with van der Waals surface area (Å²) in [4.78, 5) is 12.4. The summed E-state index contributed by atoms with van der Waals surface area (Å²) in [6.07, 6.45) is 6.92. The van der Waals surface area contributed by atoms with Crippen molar-refractivity contribution >= 4 is 23.0 Å². The number of nitrogens with zero attached hydrogens (tertiary/aromatic N) is 3. The van der Waals surface area contributed by atoms with Crippen molar-refractivity contribution in [2.45, 2.75) is 6.92 Å². The number of anilines is 2. The van der Waals surface area contributed by atoms with Gasteiger partial charge < -0.3 is 10.1 Å². The molecule has 0 unspecified atom stereocenters. The second-order valence-corrected chi connectivity index (χ2v) is 5.16. The summed E-state index contributed by atoms with van der Waals surface area (Å²) >= 11 is 5.94. The molecule has 0 amide bonds. The summed E-state index contributed by atoms with van der Waals surface area (Å²) < 4.78 is 5.40. The average Bonchev–Trinajstić information content (AvgIpc) is 2.56. The van der Waals surface area contributed by atoms with Crippen LogP contribution in [0.1, 0.15) is 6.92 Å². The Morgan fingerprint density at radius 1 is 1.00 bits per heavy atom. The Kier molecular flexibility index (Phi) is 4.68. The Balaban J connectivity index is 1.84. The van der Waals surface area contributed by atoms with E-state index in [9.17, 15) is 0 Å². The molecule has 3 aromatic heterocycles. The first kappa shape index (κ1) is 15.2. The van der Waals surface area contributed by atoms with Gasteiger partial charge in [-0.15, -0.1) is 0 Å². The smallest absolute Gasteiger partial charge is 0.215 e. The second kappa shape index (κ2) is 7.07. The van der Waals surface area contributed by atoms with E-state index in [4.69, 9.17) is 16.3 Å². The zero-order valence-corrected chi connectivity index (χ0v) is 13.3. The lowest BCUT2D eigenvalue weighted by Crippen LogP contribution is -1.96. The molecule has 0 bridgehead atoms. The molecule has 3 aromatic rings. The third kappa shape index (κ3) is 3.96. The van der Waals surface area contributed by atoms with Crippen molar-refractivity contribution in [2.24, 2.45) is 0 Å². The van der Waals surface area contributed by atoms with Crippen LogP contribution in [-0.2, 0) is 0 Å². The Hall–Kier alpha value is -2.66. The van der Waals surface area contributed by atoms with Crippen LogP contribution in [0.2, 0.25) is 5.15 Å². The van der Waals surface area contributed by atoms with E-state index in [0.29, 0.717) is 17.6 Å². The quantitative estimate of drug-likeness (QED) is 0.707. The monoisotopic (exact) mass is 326 g/mol. The van der Waals surface area contributed by atoms with Crippen LogP contribution in [0.4, 0.5) is 11.4 Å². The first-order valence-corrected chi connectivity index (χ1v) is 7.55. The van der Waals surface area contributed by atoms with E-state index in [1.54, 1.807) is 24.8 Å². The molecule has 0 spiro atoms. The van der Waals surface area contributed by atoms with E-state index in [1.165, 1.54) is 0 Å². The van der Waals surface area contributed by atoms with Gasteiger partial charge >= 0.3 is 0 Å². The maximum atomic E-state index is 5.94. The standard InChI is InChI=1S/C17H15ClN4O/c1-2-23-17-9-14(4-6-21-17)22-15-7-13(10-19-11-15)12-3-5-20-16(18)8-12/h3-11H,2H2,1H3,(H,21,22). The summed E-state index contributed by atoms with van der Waals surface area (Å²) in [5.74, 6) is 0.586. The topological polar surface area (TPSA) is 59.9 Å². The highest BCUT2D eigenvalue weighted by Gasteiger charge is 2.03. The summed E-state index contributed by atoms with van der Waals surface area (Å²) in [5, 5.41) is 3.75. The molecule has 1 N–H and O–H groups in total. The first-order chi connectivity index (χ1) is 11.2. The first-order valence-electron chi connectivity index (χ1n) is 7.17. The van der Waals surface area contributed by atoms with Crippen LogP contribution < -0.4 is 10.1 Å². The highest BCUT2D eigenvalue weighted by molar-refractivity contribution is 6.29. The Bertz CT molecular complexity index is 810. The Morgan fingerprint density at radius 2 is 1.87 bits per heavy atom. The maximum absolute atomic E-state index is 5.94. The summed E-state index contributed by atoms with van der Waals surface area (Å²) in [6.45, 7) is 2.51. The van der Waals surface area contributed by atoms with Crippen molar-refractivity contribution in [1.82, 2.24) is 15.0 Å². The third-order valence-corrected chi connectivity index (χ3v) is 3.32. The molecule has 0 atom stereocenters.